The number of rotatable bonds is 9. The highest BCUT2D eigenvalue weighted by Crippen LogP contribution is 2.37. The zero-order chi connectivity index (χ0) is 28.1. The normalized spacial score (nSPS) is 16.2. The van der Waals surface area contributed by atoms with E-state index in [-0.39, 0.29) is 11.9 Å². The predicted molar refractivity (Wildman–Crippen MR) is 166 cm³/mol. The van der Waals surface area contributed by atoms with Gasteiger partial charge in [-0.2, -0.15) is 0 Å². The summed E-state index contributed by atoms with van der Waals surface area (Å²) in [5.74, 6) is 1.30. The minimum atomic E-state index is -0.0283. The maximum atomic E-state index is 13.5. The Labute approximate surface area is 240 Å². The second-order valence-electron chi connectivity index (χ2n) is 9.84. The summed E-state index contributed by atoms with van der Waals surface area (Å²) in [4.78, 5) is 20.8. The second-order valence-corrected chi connectivity index (χ2v) is 10.8. The van der Waals surface area contributed by atoms with Crippen LogP contribution in [0.2, 0.25) is 0 Å². The van der Waals surface area contributed by atoms with Crippen molar-refractivity contribution in [2.75, 3.05) is 6.61 Å². The first-order chi connectivity index (χ1) is 19.5. The number of benzene rings is 4. The topological polar surface area (TPSA) is 51.1 Å². The van der Waals surface area contributed by atoms with Gasteiger partial charge in [-0.3, -0.25) is 9.69 Å². The van der Waals surface area contributed by atoms with Crippen molar-refractivity contribution < 1.29 is 14.3 Å². The number of amides is 1. The molecule has 6 heteroatoms. The fourth-order valence-electron chi connectivity index (χ4n) is 4.59. The van der Waals surface area contributed by atoms with Gasteiger partial charge in [-0.15, -0.1) is 0 Å². The summed E-state index contributed by atoms with van der Waals surface area (Å²) >= 11 is 1.41. The lowest BCUT2D eigenvalue weighted by Gasteiger charge is -2.22. The van der Waals surface area contributed by atoms with Gasteiger partial charge in [0, 0.05) is 6.04 Å². The fraction of sp³-hybridized carbons (Fsp3) is 0.235. The number of hydrogen-bond donors (Lipinski definition) is 0. The molecule has 0 radical (unpaired) electrons. The molecule has 5 nitrogen and oxygen atoms in total. The van der Waals surface area contributed by atoms with E-state index >= 15 is 0 Å². The Kier molecular flexibility index (Phi) is 8.56. The molecule has 204 valence electrons. The predicted octanol–water partition coefficient (Wildman–Crippen LogP) is 8.53. The van der Waals surface area contributed by atoms with Crippen LogP contribution in [0.3, 0.4) is 0 Å². The average Bonchev–Trinajstić information content (AvgIpc) is 3.27. The molecule has 1 heterocycles. The number of aliphatic imine (C=N–C) groups is 1. The summed E-state index contributed by atoms with van der Waals surface area (Å²) in [5.41, 5.74) is 4.00. The number of fused-ring (bicyclic) bond motifs is 1. The Morgan fingerprint density at radius 3 is 2.48 bits per heavy atom. The largest absolute Gasteiger partial charge is 0.490 e. The number of ether oxygens (including phenoxy) is 2. The molecule has 0 aromatic heterocycles. The van der Waals surface area contributed by atoms with E-state index in [0.29, 0.717) is 34.8 Å². The van der Waals surface area contributed by atoms with Gasteiger partial charge in [-0.05, 0) is 91.2 Å². The van der Waals surface area contributed by atoms with Crippen LogP contribution in [0.15, 0.2) is 94.8 Å². The lowest BCUT2D eigenvalue weighted by atomic mass is 10.1. The molecule has 1 aliphatic heterocycles. The van der Waals surface area contributed by atoms with E-state index in [1.54, 1.807) is 0 Å². The SMILES string of the molecule is CCOc1cc(/C=C2/SC(=Nc3ccc(C)cc3)N([C@@H](C)CC)C2=O)ccc1OCc1cccc2ccccc12. The van der Waals surface area contributed by atoms with Crippen LogP contribution in [0, 0.1) is 6.92 Å². The van der Waals surface area contributed by atoms with E-state index in [1.807, 2.05) is 79.4 Å². The second kappa shape index (κ2) is 12.4. The number of carbonyl (C=O) groups excluding carboxylic acids is 1. The van der Waals surface area contributed by atoms with Crippen LogP contribution in [0.5, 0.6) is 11.5 Å². The molecule has 4 aromatic carbocycles. The van der Waals surface area contributed by atoms with Crippen LogP contribution in [-0.4, -0.2) is 28.6 Å². The van der Waals surface area contributed by atoms with Crippen molar-refractivity contribution in [1.82, 2.24) is 4.90 Å². The Morgan fingerprint density at radius 1 is 0.925 bits per heavy atom. The summed E-state index contributed by atoms with van der Waals surface area (Å²) in [6.45, 7) is 9.08. The van der Waals surface area contributed by atoms with Crippen molar-refractivity contribution in [2.24, 2.45) is 4.99 Å². The molecule has 0 unspecified atom stereocenters. The molecular weight excluding hydrogens is 516 g/mol. The van der Waals surface area contributed by atoms with Crippen molar-refractivity contribution in [2.45, 2.75) is 46.8 Å². The Hall–Kier alpha value is -4.03. The van der Waals surface area contributed by atoms with Gasteiger partial charge in [0.15, 0.2) is 16.7 Å². The molecule has 1 aliphatic rings. The monoisotopic (exact) mass is 550 g/mol. The van der Waals surface area contributed by atoms with E-state index < -0.39 is 0 Å². The Morgan fingerprint density at radius 2 is 1.70 bits per heavy atom. The maximum absolute atomic E-state index is 13.5. The molecule has 1 fully saturated rings. The van der Waals surface area contributed by atoms with Crippen molar-refractivity contribution in [1.29, 1.82) is 0 Å². The number of aryl methyl sites for hydroxylation is 1. The van der Waals surface area contributed by atoms with Crippen LogP contribution in [-0.2, 0) is 11.4 Å². The first kappa shape index (κ1) is 27.5. The van der Waals surface area contributed by atoms with Crippen LogP contribution >= 0.6 is 11.8 Å². The highest BCUT2D eigenvalue weighted by molar-refractivity contribution is 8.18. The van der Waals surface area contributed by atoms with Gasteiger partial charge in [-0.1, -0.05) is 73.2 Å². The van der Waals surface area contributed by atoms with Crippen LogP contribution < -0.4 is 9.47 Å². The van der Waals surface area contributed by atoms with Gasteiger partial charge in [-0.25, -0.2) is 4.99 Å². The summed E-state index contributed by atoms with van der Waals surface area (Å²) in [6, 6.07) is 28.4. The maximum Gasteiger partial charge on any atom is 0.266 e. The third-order valence-corrected chi connectivity index (χ3v) is 7.94. The quantitative estimate of drug-likeness (QED) is 0.196. The summed E-state index contributed by atoms with van der Waals surface area (Å²) in [6.07, 6.45) is 2.75. The lowest BCUT2D eigenvalue weighted by Crippen LogP contribution is -2.36. The van der Waals surface area contributed by atoms with Crippen molar-refractivity contribution in [3.8, 4) is 11.5 Å². The third kappa shape index (κ3) is 6.07. The Bertz CT molecular complexity index is 1570. The highest BCUT2D eigenvalue weighted by atomic mass is 32.2. The van der Waals surface area contributed by atoms with E-state index in [2.05, 4.69) is 44.2 Å². The summed E-state index contributed by atoms with van der Waals surface area (Å²) < 4.78 is 12.2. The fourth-order valence-corrected chi connectivity index (χ4v) is 5.68. The zero-order valence-corrected chi connectivity index (χ0v) is 24.2. The number of nitrogens with zero attached hydrogens (tertiary/aromatic N) is 2. The Balaban J connectivity index is 1.41. The zero-order valence-electron chi connectivity index (χ0n) is 23.4. The first-order valence-corrected chi connectivity index (χ1v) is 14.5. The molecule has 1 saturated heterocycles. The molecule has 4 aromatic rings. The molecule has 1 amide bonds. The number of carbonyl (C=O) groups is 1. The van der Waals surface area contributed by atoms with Gasteiger partial charge < -0.3 is 9.47 Å². The van der Waals surface area contributed by atoms with Crippen molar-refractivity contribution >= 4 is 45.4 Å². The van der Waals surface area contributed by atoms with E-state index in [9.17, 15) is 4.79 Å². The molecule has 1 atom stereocenters. The molecule has 0 saturated carbocycles. The molecular formula is C34H34N2O3S. The van der Waals surface area contributed by atoms with Gasteiger partial charge in [0.2, 0.25) is 0 Å². The van der Waals surface area contributed by atoms with Gasteiger partial charge in [0.1, 0.15) is 6.61 Å². The standard InChI is InChI=1S/C34H34N2O3S/c1-5-24(4)36-33(37)32(40-34(36)35-28-17-14-23(3)15-18-28)21-25-16-19-30(31(20-25)38-6-2)39-22-27-12-9-11-26-10-7-8-13-29(26)27/h7-21,24H,5-6,22H2,1-4H3/b32-21+,35-34?/t24-/m0/s1. The smallest absolute Gasteiger partial charge is 0.266 e. The number of thioether (sulfide) groups is 1. The number of amidine groups is 1. The van der Waals surface area contributed by atoms with Crippen molar-refractivity contribution in [3.63, 3.8) is 0 Å². The molecule has 40 heavy (non-hydrogen) atoms. The molecule has 0 bridgehead atoms. The number of hydrogen-bond acceptors (Lipinski definition) is 5. The summed E-state index contributed by atoms with van der Waals surface area (Å²) in [7, 11) is 0. The van der Waals surface area contributed by atoms with E-state index in [1.165, 1.54) is 28.1 Å². The van der Waals surface area contributed by atoms with Gasteiger partial charge >= 0.3 is 0 Å². The minimum absolute atomic E-state index is 0.0283. The summed E-state index contributed by atoms with van der Waals surface area (Å²) in [5, 5.41) is 3.07. The molecule has 0 aliphatic carbocycles. The van der Waals surface area contributed by atoms with Crippen LogP contribution in [0.1, 0.15) is 43.9 Å². The average molecular weight is 551 g/mol. The van der Waals surface area contributed by atoms with Gasteiger partial charge in [0.25, 0.3) is 5.91 Å². The van der Waals surface area contributed by atoms with E-state index in [4.69, 9.17) is 14.5 Å². The van der Waals surface area contributed by atoms with Crippen molar-refractivity contribution in [3.05, 3.63) is 107 Å². The van der Waals surface area contributed by atoms with Crippen LogP contribution in [0.4, 0.5) is 5.69 Å². The molecule has 0 N–H and O–H groups in total. The lowest BCUT2D eigenvalue weighted by molar-refractivity contribution is -0.123. The van der Waals surface area contributed by atoms with E-state index in [0.717, 1.165) is 23.2 Å². The minimum Gasteiger partial charge on any atom is -0.490 e. The third-order valence-electron chi connectivity index (χ3n) is 6.96. The van der Waals surface area contributed by atoms with Crippen LogP contribution in [0.25, 0.3) is 16.8 Å². The highest BCUT2D eigenvalue weighted by Gasteiger charge is 2.36. The first-order valence-electron chi connectivity index (χ1n) is 13.7. The molecule has 5 rings (SSSR count). The molecule has 0 spiro atoms. The van der Waals surface area contributed by atoms with Gasteiger partial charge in [0.05, 0.1) is 17.2 Å².